The smallest absolute Gasteiger partial charge is 0.227 e. The second kappa shape index (κ2) is 8.86. The van der Waals surface area contributed by atoms with Gasteiger partial charge in [0.1, 0.15) is 5.75 Å². The van der Waals surface area contributed by atoms with E-state index in [1.165, 1.54) is 5.56 Å². The van der Waals surface area contributed by atoms with Gasteiger partial charge in [0.2, 0.25) is 5.91 Å². The van der Waals surface area contributed by atoms with Crippen molar-refractivity contribution in [1.82, 2.24) is 4.90 Å². The first kappa shape index (κ1) is 18.5. The molecule has 2 aromatic rings. The summed E-state index contributed by atoms with van der Waals surface area (Å²) in [5.41, 5.74) is 1.92. The zero-order valence-electron chi connectivity index (χ0n) is 15.1. The predicted molar refractivity (Wildman–Crippen MR) is 102 cm³/mol. The fourth-order valence-corrected chi connectivity index (χ4v) is 3.66. The van der Waals surface area contributed by atoms with Gasteiger partial charge >= 0.3 is 0 Å². The number of aryl methyl sites for hydroxylation is 1. The number of nitrogens with zero attached hydrogens (tertiary/aromatic N) is 1. The lowest BCUT2D eigenvalue weighted by atomic mass is 9.88. The molecule has 4 heteroatoms. The van der Waals surface area contributed by atoms with Crippen molar-refractivity contribution in [3.8, 4) is 5.75 Å². The second-order valence-electron chi connectivity index (χ2n) is 7.12. The number of aromatic hydroxyl groups is 1. The van der Waals surface area contributed by atoms with Gasteiger partial charge in [-0.2, -0.15) is 0 Å². The third kappa shape index (κ3) is 4.85. The molecular formula is C22H27NO3. The molecule has 2 aromatic carbocycles. The second-order valence-corrected chi connectivity index (χ2v) is 7.12. The minimum atomic E-state index is -0.314. The molecule has 26 heavy (non-hydrogen) atoms. The average Bonchev–Trinajstić information content (AvgIpc) is 2.69. The maximum Gasteiger partial charge on any atom is 0.227 e. The fraction of sp³-hybridized carbons (Fsp3) is 0.409. The van der Waals surface area contributed by atoms with Crippen molar-refractivity contribution in [2.24, 2.45) is 5.92 Å². The van der Waals surface area contributed by atoms with Gasteiger partial charge in [-0.15, -0.1) is 0 Å². The zero-order chi connectivity index (χ0) is 18.4. The van der Waals surface area contributed by atoms with Crippen LogP contribution in [0.15, 0.2) is 54.6 Å². The molecule has 0 bridgehead atoms. The Hall–Kier alpha value is -2.33. The summed E-state index contributed by atoms with van der Waals surface area (Å²) in [7, 11) is 0. The maximum atomic E-state index is 12.5. The van der Waals surface area contributed by atoms with Gasteiger partial charge in [-0.05, 0) is 43.2 Å². The van der Waals surface area contributed by atoms with Crippen molar-refractivity contribution in [1.29, 1.82) is 0 Å². The van der Waals surface area contributed by atoms with E-state index in [0.717, 1.165) is 25.7 Å². The summed E-state index contributed by atoms with van der Waals surface area (Å²) in [6.45, 7) is 1.36. The van der Waals surface area contributed by atoms with Crippen LogP contribution in [0.25, 0.3) is 0 Å². The highest BCUT2D eigenvalue weighted by atomic mass is 16.3. The van der Waals surface area contributed by atoms with E-state index in [1.54, 1.807) is 18.2 Å². The summed E-state index contributed by atoms with van der Waals surface area (Å²) < 4.78 is 0. The summed E-state index contributed by atoms with van der Waals surface area (Å²) in [4.78, 5) is 14.3. The molecule has 1 saturated heterocycles. The number of phenols is 1. The minimum Gasteiger partial charge on any atom is -0.508 e. The van der Waals surface area contributed by atoms with E-state index in [1.807, 2.05) is 29.2 Å². The highest BCUT2D eigenvalue weighted by molar-refractivity contribution is 5.79. The summed E-state index contributed by atoms with van der Waals surface area (Å²) in [6.07, 6.45) is 3.24. The Morgan fingerprint density at radius 1 is 1.04 bits per heavy atom. The largest absolute Gasteiger partial charge is 0.508 e. The van der Waals surface area contributed by atoms with Crippen LogP contribution >= 0.6 is 0 Å². The molecule has 4 nitrogen and oxygen atoms in total. The summed E-state index contributed by atoms with van der Waals surface area (Å²) in [6, 6.07) is 17.2. The van der Waals surface area contributed by atoms with Crippen LogP contribution in [0.3, 0.4) is 0 Å². The van der Waals surface area contributed by atoms with Crippen LogP contribution in [0, 0.1) is 5.92 Å². The molecule has 138 valence electrons. The number of amides is 1. The van der Waals surface area contributed by atoms with Gasteiger partial charge in [0.25, 0.3) is 0 Å². The van der Waals surface area contributed by atoms with Gasteiger partial charge in [-0.3, -0.25) is 4.79 Å². The van der Waals surface area contributed by atoms with Crippen LogP contribution in [-0.2, 0) is 17.6 Å². The monoisotopic (exact) mass is 353 g/mol. The molecule has 1 fully saturated rings. The molecule has 0 aliphatic carbocycles. The van der Waals surface area contributed by atoms with Crippen LogP contribution in [0.1, 0.15) is 30.4 Å². The molecule has 1 amide bonds. The summed E-state index contributed by atoms with van der Waals surface area (Å²) in [5.74, 6) is 0.476. The van der Waals surface area contributed by atoms with E-state index in [4.69, 9.17) is 0 Å². The maximum absolute atomic E-state index is 12.5. The Bertz CT molecular complexity index is 708. The van der Waals surface area contributed by atoms with Gasteiger partial charge in [-0.1, -0.05) is 48.5 Å². The van der Waals surface area contributed by atoms with Crippen molar-refractivity contribution < 1.29 is 15.0 Å². The van der Waals surface area contributed by atoms with E-state index < -0.39 is 0 Å². The van der Waals surface area contributed by atoms with Gasteiger partial charge in [0.05, 0.1) is 12.5 Å². The number of rotatable bonds is 6. The number of aliphatic hydroxyl groups excluding tert-OH is 1. The topological polar surface area (TPSA) is 60.8 Å². The molecule has 1 heterocycles. The standard InChI is InChI=1S/C22H27NO3/c24-20-9-5-4-8-19(20)16-22(26)23-14-12-18(13-15-23)21(25)11-10-17-6-2-1-3-7-17/h1-9,18,21,24-25H,10-16H2/t21-/m1/s1. The molecule has 0 saturated carbocycles. The molecule has 2 N–H and O–H groups in total. The Morgan fingerprint density at radius 3 is 2.38 bits per heavy atom. The molecule has 1 aliphatic rings. The van der Waals surface area contributed by atoms with Crippen molar-refractivity contribution >= 4 is 5.91 Å². The molecule has 3 rings (SSSR count). The molecule has 0 aromatic heterocycles. The summed E-state index contributed by atoms with van der Waals surface area (Å²) in [5, 5.41) is 20.3. The van der Waals surface area contributed by atoms with Crippen LogP contribution in [-0.4, -0.2) is 40.2 Å². The number of hydrogen-bond donors (Lipinski definition) is 2. The number of aliphatic hydroxyl groups is 1. The first-order valence-electron chi connectivity index (χ1n) is 9.40. The third-order valence-corrected chi connectivity index (χ3v) is 5.34. The van der Waals surface area contributed by atoms with Gasteiger partial charge in [0.15, 0.2) is 0 Å². The van der Waals surface area contributed by atoms with Gasteiger partial charge in [0, 0.05) is 18.7 Å². The zero-order valence-corrected chi connectivity index (χ0v) is 15.1. The molecule has 0 unspecified atom stereocenters. The normalized spacial score (nSPS) is 16.4. The fourth-order valence-electron chi connectivity index (χ4n) is 3.66. The molecule has 1 aliphatic heterocycles. The highest BCUT2D eigenvalue weighted by Gasteiger charge is 2.27. The van der Waals surface area contributed by atoms with Gasteiger partial charge < -0.3 is 15.1 Å². The first-order valence-corrected chi connectivity index (χ1v) is 9.40. The average molecular weight is 353 g/mol. The lowest BCUT2D eigenvalue weighted by molar-refractivity contribution is -0.132. The number of hydrogen-bond acceptors (Lipinski definition) is 3. The molecule has 0 radical (unpaired) electrons. The number of benzene rings is 2. The van der Waals surface area contributed by atoms with E-state index in [2.05, 4.69) is 12.1 Å². The number of carbonyl (C=O) groups excluding carboxylic acids is 1. The Balaban J connectivity index is 1.44. The quantitative estimate of drug-likeness (QED) is 0.839. The SMILES string of the molecule is O=C(Cc1ccccc1O)N1CCC([C@H](O)CCc2ccccc2)CC1. The highest BCUT2D eigenvalue weighted by Crippen LogP contribution is 2.25. The third-order valence-electron chi connectivity index (χ3n) is 5.34. The Kier molecular flexibility index (Phi) is 6.29. The number of para-hydroxylation sites is 1. The number of phenolic OH excluding ortho intramolecular Hbond substituents is 1. The van der Waals surface area contributed by atoms with Crippen molar-refractivity contribution in [2.45, 2.75) is 38.2 Å². The minimum absolute atomic E-state index is 0.0451. The lowest BCUT2D eigenvalue weighted by Gasteiger charge is -2.34. The van der Waals surface area contributed by atoms with E-state index in [0.29, 0.717) is 18.7 Å². The van der Waals surface area contributed by atoms with Crippen molar-refractivity contribution in [2.75, 3.05) is 13.1 Å². The molecule has 0 spiro atoms. The van der Waals surface area contributed by atoms with Crippen LogP contribution in [0.2, 0.25) is 0 Å². The van der Waals surface area contributed by atoms with Gasteiger partial charge in [-0.25, -0.2) is 0 Å². The Labute approximate surface area is 155 Å². The van der Waals surface area contributed by atoms with Crippen molar-refractivity contribution in [3.63, 3.8) is 0 Å². The first-order chi connectivity index (χ1) is 12.6. The predicted octanol–water partition coefficient (Wildman–Crippen LogP) is 3.17. The van der Waals surface area contributed by atoms with Crippen LogP contribution in [0.5, 0.6) is 5.75 Å². The Morgan fingerprint density at radius 2 is 1.69 bits per heavy atom. The van der Waals surface area contributed by atoms with E-state index in [-0.39, 0.29) is 30.1 Å². The van der Waals surface area contributed by atoms with Crippen LogP contribution in [0.4, 0.5) is 0 Å². The number of likely N-dealkylation sites (tertiary alicyclic amines) is 1. The molecule has 1 atom stereocenters. The van der Waals surface area contributed by atoms with E-state index >= 15 is 0 Å². The van der Waals surface area contributed by atoms with E-state index in [9.17, 15) is 15.0 Å². The summed E-state index contributed by atoms with van der Waals surface area (Å²) >= 11 is 0. The van der Waals surface area contributed by atoms with Crippen molar-refractivity contribution in [3.05, 3.63) is 65.7 Å². The van der Waals surface area contributed by atoms with Crippen LogP contribution < -0.4 is 0 Å². The lowest BCUT2D eigenvalue weighted by Crippen LogP contribution is -2.42. The number of piperidine rings is 1. The molecular weight excluding hydrogens is 326 g/mol. The number of carbonyl (C=O) groups is 1.